The molecule has 0 atom stereocenters. The molecule has 1 amide bonds. The van der Waals surface area contributed by atoms with Gasteiger partial charge in [-0.2, -0.15) is 0 Å². The smallest absolute Gasteiger partial charge is 0.278 e. The molecule has 0 heterocycles. The maximum Gasteiger partial charge on any atom is 0.322 e. The summed E-state index contributed by atoms with van der Waals surface area (Å²) in [6.07, 6.45) is 9.34. The van der Waals surface area contributed by atoms with Gasteiger partial charge in [-0.25, -0.2) is 20.9 Å². The lowest BCUT2D eigenvalue weighted by molar-refractivity contribution is -0.129. The molecule has 0 bridgehead atoms. The Labute approximate surface area is 128 Å². The summed E-state index contributed by atoms with van der Waals surface area (Å²) in [5, 5.41) is -0.390. The van der Waals surface area contributed by atoms with Gasteiger partial charge < -0.3 is 0 Å². The van der Waals surface area contributed by atoms with Crippen LogP contribution >= 0.6 is 12.5 Å². The number of carbonyl (C=O) groups excluding carboxylic acids is 1. The zero-order chi connectivity index (χ0) is 14.6. The van der Waals surface area contributed by atoms with E-state index in [9.17, 15) is 13.2 Å². The largest absolute Gasteiger partial charge is 0.322 e. The lowest BCUT2D eigenvalue weighted by Gasteiger charge is -2.33. The number of rotatable bonds is 4. The maximum absolute atomic E-state index is 12.7. The molecule has 2 aliphatic carbocycles. The van der Waals surface area contributed by atoms with Crippen molar-refractivity contribution < 1.29 is 13.2 Å². The number of hydrogen-bond acceptors (Lipinski definition) is 4. The van der Waals surface area contributed by atoms with Crippen LogP contribution < -0.4 is 0 Å². The van der Waals surface area contributed by atoms with Crippen molar-refractivity contribution in [3.63, 3.8) is 0 Å². The van der Waals surface area contributed by atoms with Crippen LogP contribution in [0, 0.1) is 5.92 Å². The fraction of sp³-hybridized carbons (Fsp3) is 0.923. The Kier molecular flexibility index (Phi) is 5.84. The molecular formula is C13H24BNO3S2. The second kappa shape index (κ2) is 7.21. The number of amides is 1. The second-order valence-electron chi connectivity index (χ2n) is 5.97. The first-order chi connectivity index (χ1) is 9.57. The average Bonchev–Trinajstić information content (AvgIpc) is 2.25. The topological polar surface area (TPSA) is 54.5 Å². The van der Waals surface area contributed by atoms with Gasteiger partial charge in [0.2, 0.25) is 15.9 Å². The van der Waals surface area contributed by atoms with Crippen molar-refractivity contribution in [2.24, 2.45) is 5.92 Å². The molecule has 0 radical (unpaired) electrons. The van der Waals surface area contributed by atoms with Crippen LogP contribution in [0.5, 0.6) is 0 Å². The van der Waals surface area contributed by atoms with Crippen LogP contribution in [0.1, 0.15) is 64.2 Å². The monoisotopic (exact) mass is 317 g/mol. The van der Waals surface area contributed by atoms with E-state index < -0.39 is 10.0 Å². The summed E-state index contributed by atoms with van der Waals surface area (Å²) in [4.78, 5) is 12.3. The van der Waals surface area contributed by atoms with Crippen LogP contribution in [0.25, 0.3) is 0 Å². The van der Waals surface area contributed by atoms with E-state index in [1.54, 1.807) is 0 Å². The molecular weight excluding hydrogens is 293 g/mol. The van der Waals surface area contributed by atoms with Crippen molar-refractivity contribution in [3.05, 3.63) is 0 Å². The number of sulfonamides is 1. The first-order valence-electron chi connectivity index (χ1n) is 7.73. The standard InChI is InChI=1S/C13H24BNO3S2/c16-13(11-7-6-8-11)15(14-19)20(17,18)12-9-4-2-1-3-5-10-12/h11-12,14,19H,1-10H2. The van der Waals surface area contributed by atoms with Gasteiger partial charge in [0.15, 0.2) is 0 Å². The quantitative estimate of drug-likeness (QED) is 0.639. The van der Waals surface area contributed by atoms with Crippen LogP contribution in [0.2, 0.25) is 0 Å². The van der Waals surface area contributed by atoms with Crippen LogP contribution in [-0.2, 0) is 14.8 Å². The molecule has 0 aromatic rings. The van der Waals surface area contributed by atoms with E-state index in [4.69, 9.17) is 0 Å². The Morgan fingerprint density at radius 3 is 1.95 bits per heavy atom. The zero-order valence-electron chi connectivity index (χ0n) is 12.0. The Balaban J connectivity index is 2.10. The summed E-state index contributed by atoms with van der Waals surface area (Å²) < 4.78 is 26.5. The maximum atomic E-state index is 12.7. The summed E-state index contributed by atoms with van der Waals surface area (Å²) in [5.41, 5.74) is 0. The highest BCUT2D eigenvalue weighted by Crippen LogP contribution is 2.31. The van der Waals surface area contributed by atoms with Gasteiger partial charge in [0.05, 0.1) is 5.25 Å². The molecule has 0 aliphatic heterocycles. The van der Waals surface area contributed by atoms with Gasteiger partial charge in [-0.1, -0.05) is 38.5 Å². The van der Waals surface area contributed by atoms with Crippen molar-refractivity contribution >= 4 is 35.1 Å². The molecule has 7 heteroatoms. The Morgan fingerprint density at radius 2 is 1.50 bits per heavy atom. The molecule has 2 aliphatic rings. The molecule has 2 fully saturated rings. The number of thiol groups is 1. The van der Waals surface area contributed by atoms with Crippen molar-refractivity contribution in [1.82, 2.24) is 4.22 Å². The van der Waals surface area contributed by atoms with Crippen molar-refractivity contribution in [3.8, 4) is 0 Å². The lowest BCUT2D eigenvalue weighted by atomic mass is 9.84. The Hall–Kier alpha value is -0.165. The molecule has 2 rings (SSSR count). The third kappa shape index (κ3) is 3.53. The summed E-state index contributed by atoms with van der Waals surface area (Å²) in [6, 6.07) is 0. The highest BCUT2D eigenvalue weighted by Gasteiger charge is 2.38. The number of nitrogens with zero attached hydrogens (tertiary/aromatic N) is 1. The zero-order valence-corrected chi connectivity index (χ0v) is 13.7. The first kappa shape index (κ1) is 16.2. The van der Waals surface area contributed by atoms with Crippen LogP contribution in [0.4, 0.5) is 0 Å². The van der Waals surface area contributed by atoms with Crippen molar-refractivity contribution in [2.45, 2.75) is 69.5 Å². The summed E-state index contributed by atoms with van der Waals surface area (Å²) >= 11 is 4.10. The number of hydrogen-bond donors (Lipinski definition) is 1. The molecule has 0 saturated heterocycles. The molecule has 0 aromatic heterocycles. The molecule has 0 N–H and O–H groups in total. The SMILES string of the molecule is O=C(C1CCC1)N(BS)S(=O)(=O)C1CCCCCCC1. The average molecular weight is 317 g/mol. The second-order valence-corrected chi connectivity index (χ2v) is 8.39. The van der Waals surface area contributed by atoms with Gasteiger partial charge in [-0.3, -0.25) is 9.01 Å². The minimum absolute atomic E-state index is 0.0197. The minimum Gasteiger partial charge on any atom is -0.278 e. The van der Waals surface area contributed by atoms with Crippen LogP contribution in [-0.4, -0.2) is 30.5 Å². The molecule has 2 saturated carbocycles. The van der Waals surface area contributed by atoms with Gasteiger partial charge in [0, 0.05) is 5.92 Å². The fourth-order valence-corrected chi connectivity index (χ4v) is 5.50. The predicted molar refractivity (Wildman–Crippen MR) is 85.3 cm³/mol. The molecule has 20 heavy (non-hydrogen) atoms. The summed E-state index contributed by atoms with van der Waals surface area (Å²) in [5.74, 6) is -0.321. The van der Waals surface area contributed by atoms with E-state index in [1.807, 2.05) is 0 Å². The van der Waals surface area contributed by atoms with Gasteiger partial charge in [0.1, 0.15) is 0 Å². The Morgan fingerprint density at radius 1 is 0.950 bits per heavy atom. The lowest BCUT2D eigenvalue weighted by Crippen LogP contribution is -2.47. The van der Waals surface area contributed by atoms with E-state index in [2.05, 4.69) is 12.5 Å². The summed E-state index contributed by atoms with van der Waals surface area (Å²) in [6.45, 7) is -0.0197. The van der Waals surface area contributed by atoms with Gasteiger partial charge in [-0.15, -0.1) is 0 Å². The fourth-order valence-electron chi connectivity index (χ4n) is 3.03. The van der Waals surface area contributed by atoms with Crippen molar-refractivity contribution in [2.75, 3.05) is 0 Å². The van der Waals surface area contributed by atoms with E-state index >= 15 is 0 Å². The van der Waals surface area contributed by atoms with Gasteiger partial charge in [-0.05, 0) is 25.7 Å². The normalized spacial score (nSPS) is 22.4. The summed E-state index contributed by atoms with van der Waals surface area (Å²) in [7, 11) is -3.53. The highest BCUT2D eigenvalue weighted by atomic mass is 32.2. The minimum atomic E-state index is -3.53. The van der Waals surface area contributed by atoms with Crippen LogP contribution in [0.3, 0.4) is 0 Å². The highest BCUT2D eigenvalue weighted by molar-refractivity contribution is 8.09. The third-order valence-corrected chi connectivity index (χ3v) is 7.32. The Bertz CT molecular complexity index is 429. The van der Waals surface area contributed by atoms with E-state index in [1.165, 1.54) is 6.42 Å². The third-order valence-electron chi connectivity index (χ3n) is 4.61. The van der Waals surface area contributed by atoms with Gasteiger partial charge in [0.25, 0.3) is 0 Å². The first-order valence-corrected chi connectivity index (χ1v) is 9.87. The number of carbonyl (C=O) groups is 1. The molecule has 0 spiro atoms. The molecule has 4 nitrogen and oxygen atoms in total. The van der Waals surface area contributed by atoms with Crippen molar-refractivity contribution in [1.29, 1.82) is 0 Å². The van der Waals surface area contributed by atoms with E-state index in [0.717, 1.165) is 49.2 Å². The van der Waals surface area contributed by atoms with Gasteiger partial charge >= 0.3 is 6.69 Å². The molecule has 0 unspecified atom stereocenters. The van der Waals surface area contributed by atoms with E-state index in [-0.39, 0.29) is 23.8 Å². The van der Waals surface area contributed by atoms with E-state index in [0.29, 0.717) is 12.8 Å². The molecule has 0 aromatic carbocycles. The molecule has 114 valence electrons. The van der Waals surface area contributed by atoms with Crippen LogP contribution in [0.15, 0.2) is 0 Å². The predicted octanol–water partition coefficient (Wildman–Crippen LogP) is 2.25.